The summed E-state index contributed by atoms with van der Waals surface area (Å²) in [5.41, 5.74) is 0.846. The van der Waals surface area contributed by atoms with Crippen molar-refractivity contribution in [1.82, 2.24) is 14.7 Å². The maximum absolute atomic E-state index is 12.5. The number of benzene rings is 1. The van der Waals surface area contributed by atoms with Crippen LogP contribution in [0.5, 0.6) is 0 Å². The molecular weight excluding hydrogens is 392 g/mol. The maximum Gasteiger partial charge on any atom is 0.240 e. The fourth-order valence-corrected chi connectivity index (χ4v) is 4.34. The number of nitrogens with zero attached hydrogens (tertiary/aromatic N) is 4. The number of carbonyl (C=O) groups is 1. The van der Waals surface area contributed by atoms with Gasteiger partial charge in [0.2, 0.25) is 15.9 Å². The van der Waals surface area contributed by atoms with E-state index in [2.05, 4.69) is 26.1 Å². The van der Waals surface area contributed by atoms with Gasteiger partial charge in [0.05, 0.1) is 4.90 Å². The number of piperidine rings is 1. The van der Waals surface area contributed by atoms with E-state index >= 15 is 0 Å². The molecule has 0 bridgehead atoms. The normalized spacial score (nSPS) is 15.0. The van der Waals surface area contributed by atoms with Crippen LogP contribution in [0.15, 0.2) is 41.6 Å². The van der Waals surface area contributed by atoms with Crippen LogP contribution in [0.4, 0.5) is 11.5 Å². The third-order valence-corrected chi connectivity index (χ3v) is 6.19. The van der Waals surface area contributed by atoms with Crippen LogP contribution in [0.3, 0.4) is 0 Å². The molecule has 2 aromatic rings. The molecule has 0 saturated carbocycles. The van der Waals surface area contributed by atoms with E-state index < -0.39 is 10.0 Å². The van der Waals surface area contributed by atoms with Crippen molar-refractivity contribution in [2.75, 3.05) is 29.9 Å². The Morgan fingerprint density at radius 2 is 1.86 bits per heavy atom. The van der Waals surface area contributed by atoms with E-state index in [0.717, 1.165) is 12.8 Å². The number of rotatable bonds is 6. The monoisotopic (exact) mass is 414 g/mol. The van der Waals surface area contributed by atoms with Crippen molar-refractivity contribution in [3.63, 3.8) is 0 Å². The Morgan fingerprint density at radius 3 is 2.48 bits per heavy atom. The molecule has 3 rings (SSSR count). The SMILES string of the molecule is CC(=O)Nc1ccc(S(=O)(=O)NCC2CCN(c3nccnc3C#N)CC2)cc1. The van der Waals surface area contributed by atoms with E-state index in [0.29, 0.717) is 36.8 Å². The van der Waals surface area contributed by atoms with Gasteiger partial charge in [0, 0.05) is 44.6 Å². The molecule has 1 aromatic heterocycles. The van der Waals surface area contributed by atoms with Gasteiger partial charge in [-0.1, -0.05) is 0 Å². The van der Waals surface area contributed by atoms with E-state index in [1.807, 2.05) is 4.90 Å². The van der Waals surface area contributed by atoms with Gasteiger partial charge >= 0.3 is 0 Å². The first kappa shape index (κ1) is 20.7. The second-order valence-corrected chi connectivity index (χ2v) is 8.60. The zero-order valence-corrected chi connectivity index (χ0v) is 16.8. The lowest BCUT2D eigenvalue weighted by Crippen LogP contribution is -2.39. The summed E-state index contributed by atoms with van der Waals surface area (Å²) in [5.74, 6) is 0.559. The molecule has 1 aliphatic rings. The molecule has 0 aliphatic carbocycles. The summed E-state index contributed by atoms with van der Waals surface area (Å²) in [4.78, 5) is 21.5. The molecule has 1 saturated heterocycles. The van der Waals surface area contributed by atoms with Gasteiger partial charge in [0.25, 0.3) is 0 Å². The first-order chi connectivity index (χ1) is 13.9. The molecule has 0 atom stereocenters. The first-order valence-electron chi connectivity index (χ1n) is 9.22. The van der Waals surface area contributed by atoms with Crippen LogP contribution >= 0.6 is 0 Å². The number of anilines is 2. The fourth-order valence-electron chi connectivity index (χ4n) is 3.22. The molecule has 152 valence electrons. The second-order valence-electron chi connectivity index (χ2n) is 6.83. The van der Waals surface area contributed by atoms with Crippen molar-refractivity contribution in [3.05, 3.63) is 42.4 Å². The minimum atomic E-state index is -3.62. The molecule has 0 radical (unpaired) electrons. The van der Waals surface area contributed by atoms with Crippen molar-refractivity contribution in [3.8, 4) is 6.07 Å². The molecule has 29 heavy (non-hydrogen) atoms. The predicted octanol–water partition coefficient (Wildman–Crippen LogP) is 1.50. The molecule has 10 heteroatoms. The molecule has 1 amide bonds. The number of aromatic nitrogens is 2. The lowest BCUT2D eigenvalue weighted by molar-refractivity contribution is -0.114. The zero-order valence-electron chi connectivity index (χ0n) is 16.0. The third-order valence-electron chi connectivity index (χ3n) is 4.75. The van der Waals surface area contributed by atoms with Crippen LogP contribution in [-0.4, -0.2) is 43.9 Å². The highest BCUT2D eigenvalue weighted by Gasteiger charge is 2.24. The number of amides is 1. The van der Waals surface area contributed by atoms with E-state index in [9.17, 15) is 13.2 Å². The van der Waals surface area contributed by atoms with Gasteiger partial charge < -0.3 is 10.2 Å². The molecule has 0 spiro atoms. The molecule has 9 nitrogen and oxygen atoms in total. The van der Waals surface area contributed by atoms with Crippen molar-refractivity contribution in [2.45, 2.75) is 24.7 Å². The largest absolute Gasteiger partial charge is 0.354 e. The third kappa shape index (κ3) is 5.28. The highest BCUT2D eigenvalue weighted by Crippen LogP contribution is 2.23. The molecule has 0 unspecified atom stereocenters. The summed E-state index contributed by atoms with van der Waals surface area (Å²) >= 11 is 0. The van der Waals surface area contributed by atoms with Gasteiger partial charge in [-0.3, -0.25) is 4.79 Å². The fraction of sp³-hybridized carbons (Fsp3) is 0.368. The predicted molar refractivity (Wildman–Crippen MR) is 108 cm³/mol. The number of hydrogen-bond acceptors (Lipinski definition) is 7. The summed E-state index contributed by atoms with van der Waals surface area (Å²) in [6.45, 7) is 3.11. The minimum absolute atomic E-state index is 0.155. The van der Waals surface area contributed by atoms with Gasteiger partial charge in [0.1, 0.15) is 6.07 Å². The number of hydrogen-bond donors (Lipinski definition) is 2. The van der Waals surface area contributed by atoms with Crippen molar-refractivity contribution in [1.29, 1.82) is 5.26 Å². The van der Waals surface area contributed by atoms with E-state index in [1.54, 1.807) is 18.3 Å². The standard InChI is InChI=1S/C19H22N6O3S/c1-14(26)24-16-2-4-17(5-3-16)29(27,28)23-13-15-6-10-25(11-7-15)19-18(12-20)21-8-9-22-19/h2-5,8-9,15,23H,6-7,10-11,13H2,1H3,(H,24,26). The van der Waals surface area contributed by atoms with Crippen LogP contribution in [0.1, 0.15) is 25.5 Å². The van der Waals surface area contributed by atoms with E-state index in [4.69, 9.17) is 5.26 Å². The van der Waals surface area contributed by atoms with Crippen LogP contribution < -0.4 is 14.9 Å². The van der Waals surface area contributed by atoms with Crippen LogP contribution in [-0.2, 0) is 14.8 Å². The molecule has 2 heterocycles. The Bertz CT molecular complexity index is 1010. The number of carbonyl (C=O) groups excluding carboxylic acids is 1. The van der Waals surface area contributed by atoms with E-state index in [1.165, 1.54) is 25.3 Å². The van der Waals surface area contributed by atoms with Gasteiger partial charge in [-0.05, 0) is 43.0 Å². The lowest BCUT2D eigenvalue weighted by Gasteiger charge is -2.32. The minimum Gasteiger partial charge on any atom is -0.354 e. The number of nitriles is 1. The average molecular weight is 414 g/mol. The molecule has 1 aromatic carbocycles. The molecular formula is C19H22N6O3S. The van der Waals surface area contributed by atoms with Crippen molar-refractivity contribution in [2.24, 2.45) is 5.92 Å². The quantitative estimate of drug-likeness (QED) is 0.733. The van der Waals surface area contributed by atoms with Crippen LogP contribution in [0.25, 0.3) is 0 Å². The Kier molecular flexibility index (Phi) is 6.41. The van der Waals surface area contributed by atoms with Gasteiger partial charge in [-0.2, -0.15) is 5.26 Å². The number of sulfonamides is 1. The Morgan fingerprint density at radius 1 is 1.21 bits per heavy atom. The van der Waals surface area contributed by atoms with Gasteiger partial charge in [-0.15, -0.1) is 0 Å². The Labute approximate surface area is 169 Å². The second kappa shape index (κ2) is 8.98. The zero-order chi connectivity index (χ0) is 20.9. The van der Waals surface area contributed by atoms with Gasteiger partial charge in [-0.25, -0.2) is 23.1 Å². The summed E-state index contributed by atoms with van der Waals surface area (Å²) in [5, 5.41) is 11.8. The average Bonchev–Trinajstić information content (AvgIpc) is 2.73. The Hall–Kier alpha value is -3.03. The first-order valence-corrected chi connectivity index (χ1v) is 10.7. The molecule has 1 fully saturated rings. The smallest absolute Gasteiger partial charge is 0.240 e. The van der Waals surface area contributed by atoms with Gasteiger partial charge in [0.15, 0.2) is 11.5 Å². The summed E-state index contributed by atoms with van der Waals surface area (Å²) in [6, 6.07) is 8.10. The number of nitrogens with one attached hydrogen (secondary N) is 2. The van der Waals surface area contributed by atoms with Crippen LogP contribution in [0, 0.1) is 17.2 Å². The maximum atomic E-state index is 12.5. The summed E-state index contributed by atoms with van der Waals surface area (Å²) < 4.78 is 27.7. The van der Waals surface area contributed by atoms with Crippen LogP contribution in [0.2, 0.25) is 0 Å². The molecule has 2 N–H and O–H groups in total. The van der Waals surface area contributed by atoms with E-state index in [-0.39, 0.29) is 16.7 Å². The van der Waals surface area contributed by atoms with Crippen molar-refractivity contribution >= 4 is 27.4 Å². The summed E-state index contributed by atoms with van der Waals surface area (Å²) in [7, 11) is -3.62. The highest BCUT2D eigenvalue weighted by molar-refractivity contribution is 7.89. The Balaban J connectivity index is 1.54. The topological polar surface area (TPSA) is 128 Å². The summed E-state index contributed by atoms with van der Waals surface area (Å²) in [6.07, 6.45) is 4.62. The molecule has 1 aliphatic heterocycles. The lowest BCUT2D eigenvalue weighted by atomic mass is 9.97. The highest BCUT2D eigenvalue weighted by atomic mass is 32.2. The van der Waals surface area contributed by atoms with Crippen molar-refractivity contribution < 1.29 is 13.2 Å².